The van der Waals surface area contributed by atoms with Crippen molar-refractivity contribution in [2.75, 3.05) is 10.6 Å². The van der Waals surface area contributed by atoms with E-state index in [2.05, 4.69) is 20.9 Å². The lowest BCUT2D eigenvalue weighted by Gasteiger charge is -2.35. The van der Waals surface area contributed by atoms with Gasteiger partial charge in [0.05, 0.1) is 18.3 Å². The van der Waals surface area contributed by atoms with Crippen LogP contribution in [-0.2, 0) is 0 Å². The molecule has 4 rings (SSSR count). The summed E-state index contributed by atoms with van der Waals surface area (Å²) in [5.74, 6) is -3.31. The van der Waals surface area contributed by atoms with Gasteiger partial charge in [0.2, 0.25) is 0 Å². The van der Waals surface area contributed by atoms with Gasteiger partial charge in [-0.3, -0.25) is 9.59 Å². The first-order chi connectivity index (χ1) is 15.2. The smallest absolute Gasteiger partial charge is 0.267 e. The highest BCUT2D eigenvalue weighted by Gasteiger charge is 2.45. The van der Waals surface area contributed by atoms with Crippen molar-refractivity contribution in [2.24, 2.45) is 0 Å². The van der Waals surface area contributed by atoms with Crippen LogP contribution < -0.4 is 16.0 Å². The predicted octanol–water partition coefficient (Wildman–Crippen LogP) is 3.95. The number of aromatic nitrogens is 1. The number of amides is 2. The van der Waals surface area contributed by atoms with Crippen LogP contribution in [0.25, 0.3) is 0 Å². The van der Waals surface area contributed by atoms with E-state index in [1.54, 1.807) is 18.2 Å². The molecular formula is C22H26F2N4O3S. The molecule has 10 heteroatoms. The Kier molecular flexibility index (Phi) is 6.43. The molecule has 1 aromatic carbocycles. The fourth-order valence-corrected chi connectivity index (χ4v) is 4.79. The van der Waals surface area contributed by atoms with Crippen LogP contribution in [0.15, 0.2) is 24.4 Å². The van der Waals surface area contributed by atoms with Gasteiger partial charge in [0, 0.05) is 30.1 Å². The number of thiazole rings is 1. The summed E-state index contributed by atoms with van der Waals surface area (Å²) in [6.07, 6.45) is 3.72. The van der Waals surface area contributed by atoms with Gasteiger partial charge in [-0.15, -0.1) is 0 Å². The number of aliphatic hydroxyl groups is 1. The molecule has 1 heterocycles. The highest BCUT2D eigenvalue weighted by molar-refractivity contribution is 7.17. The van der Waals surface area contributed by atoms with E-state index in [9.17, 15) is 23.5 Å². The third kappa shape index (κ3) is 5.24. The van der Waals surface area contributed by atoms with Crippen LogP contribution in [0.1, 0.15) is 64.1 Å². The van der Waals surface area contributed by atoms with Crippen LogP contribution in [0.5, 0.6) is 0 Å². The molecule has 2 aromatic rings. The quantitative estimate of drug-likeness (QED) is 0.518. The first-order valence-electron chi connectivity index (χ1n) is 10.7. The molecule has 2 fully saturated rings. The normalized spacial score (nSPS) is 22.6. The van der Waals surface area contributed by atoms with Crippen molar-refractivity contribution in [2.45, 2.75) is 69.6 Å². The number of nitrogens with one attached hydrogen (secondary N) is 3. The van der Waals surface area contributed by atoms with Gasteiger partial charge in [0.1, 0.15) is 4.88 Å². The molecule has 2 saturated carbocycles. The largest absolute Gasteiger partial charge is 0.391 e. The number of halogens is 2. The first-order valence-corrected chi connectivity index (χ1v) is 11.5. The number of hydrogen-bond donors (Lipinski definition) is 4. The SMILES string of the molecule is Cc1ccc(C(=O)N[C@H]2CCCC[C@@H]2O)cc1NC(=O)c1cnc(NC2CC(F)(F)C2)s1. The monoisotopic (exact) mass is 464 g/mol. The number of rotatable bonds is 6. The van der Waals surface area contributed by atoms with E-state index in [1.165, 1.54) is 6.20 Å². The first kappa shape index (κ1) is 22.6. The summed E-state index contributed by atoms with van der Waals surface area (Å²) in [4.78, 5) is 29.8. The fourth-order valence-electron chi connectivity index (χ4n) is 4.00. The standard InChI is InChI=1S/C22H26F2N4O3S/c1-12-6-7-13(19(30)27-15-4-2-3-5-17(15)29)8-16(12)28-20(31)18-11-25-21(32-18)26-14-9-22(23,24)10-14/h6-8,11,14-15,17,29H,2-5,9-10H2,1H3,(H,25,26)(H,27,30)(H,28,31)/t15-,17-/m0/s1. The lowest BCUT2D eigenvalue weighted by molar-refractivity contribution is -0.0793. The zero-order valence-electron chi connectivity index (χ0n) is 17.7. The second-order valence-corrected chi connectivity index (χ2v) is 9.58. The number of benzene rings is 1. The Bertz CT molecular complexity index is 1000. The number of hydrogen-bond acceptors (Lipinski definition) is 6. The van der Waals surface area contributed by atoms with Crippen LogP contribution in [0.2, 0.25) is 0 Å². The Morgan fingerprint density at radius 1 is 1.19 bits per heavy atom. The minimum Gasteiger partial charge on any atom is -0.391 e. The molecular weight excluding hydrogens is 438 g/mol. The summed E-state index contributed by atoms with van der Waals surface area (Å²) in [6.45, 7) is 1.82. The molecule has 2 atom stereocenters. The summed E-state index contributed by atoms with van der Waals surface area (Å²) in [5.41, 5.74) is 1.67. The van der Waals surface area contributed by atoms with E-state index in [-0.39, 0.29) is 30.8 Å². The maximum absolute atomic E-state index is 13.0. The Labute approximate surface area is 188 Å². The van der Waals surface area contributed by atoms with Gasteiger partial charge < -0.3 is 21.1 Å². The van der Waals surface area contributed by atoms with E-state index >= 15 is 0 Å². The maximum Gasteiger partial charge on any atom is 0.267 e. The fraction of sp³-hybridized carbons (Fsp3) is 0.500. The minimum absolute atomic E-state index is 0.236. The molecule has 172 valence electrons. The summed E-state index contributed by atoms with van der Waals surface area (Å²) in [5, 5.41) is 19.1. The van der Waals surface area contributed by atoms with Gasteiger partial charge >= 0.3 is 0 Å². The van der Waals surface area contributed by atoms with E-state index in [0.717, 1.165) is 36.2 Å². The molecule has 2 aliphatic carbocycles. The van der Waals surface area contributed by atoms with Gasteiger partial charge in [-0.1, -0.05) is 30.2 Å². The van der Waals surface area contributed by atoms with Gasteiger partial charge in [-0.05, 0) is 37.5 Å². The van der Waals surface area contributed by atoms with Crippen LogP contribution in [0.4, 0.5) is 19.6 Å². The van der Waals surface area contributed by atoms with E-state index in [0.29, 0.717) is 27.7 Å². The number of anilines is 2. The molecule has 0 unspecified atom stereocenters. The molecule has 0 saturated heterocycles. The van der Waals surface area contributed by atoms with E-state index in [4.69, 9.17) is 0 Å². The summed E-state index contributed by atoms with van der Waals surface area (Å²) in [7, 11) is 0. The molecule has 2 aliphatic rings. The number of carbonyl (C=O) groups is 2. The van der Waals surface area contributed by atoms with E-state index in [1.807, 2.05) is 6.92 Å². The van der Waals surface area contributed by atoms with Crippen molar-refractivity contribution in [3.8, 4) is 0 Å². The molecule has 4 N–H and O–H groups in total. The third-order valence-corrected chi connectivity index (χ3v) is 6.87. The predicted molar refractivity (Wildman–Crippen MR) is 119 cm³/mol. The molecule has 32 heavy (non-hydrogen) atoms. The second-order valence-electron chi connectivity index (χ2n) is 8.55. The maximum atomic E-state index is 13.0. The van der Waals surface area contributed by atoms with Crippen molar-refractivity contribution >= 4 is 34.0 Å². The number of carbonyl (C=O) groups excluding carboxylic acids is 2. The number of alkyl halides is 2. The highest BCUT2D eigenvalue weighted by atomic mass is 32.1. The van der Waals surface area contributed by atoms with Crippen molar-refractivity contribution < 1.29 is 23.5 Å². The molecule has 0 radical (unpaired) electrons. The summed E-state index contributed by atoms with van der Waals surface area (Å²) in [6, 6.07) is 4.42. The lowest BCUT2D eigenvalue weighted by atomic mass is 9.88. The van der Waals surface area contributed by atoms with Crippen molar-refractivity contribution in [3.05, 3.63) is 40.4 Å². The third-order valence-electron chi connectivity index (χ3n) is 5.94. The summed E-state index contributed by atoms with van der Waals surface area (Å²) >= 11 is 1.09. The van der Waals surface area contributed by atoms with Crippen LogP contribution in [0, 0.1) is 6.92 Å². The average Bonchev–Trinajstić information content (AvgIpc) is 3.18. The van der Waals surface area contributed by atoms with Gasteiger partial charge in [0.15, 0.2) is 5.13 Å². The molecule has 2 amide bonds. The number of aliphatic hydroxyl groups excluding tert-OH is 1. The average molecular weight is 465 g/mol. The zero-order chi connectivity index (χ0) is 22.9. The highest BCUT2D eigenvalue weighted by Crippen LogP contribution is 2.39. The van der Waals surface area contributed by atoms with Crippen LogP contribution in [0.3, 0.4) is 0 Å². The Balaban J connectivity index is 1.38. The Morgan fingerprint density at radius 3 is 2.66 bits per heavy atom. The Morgan fingerprint density at radius 2 is 1.94 bits per heavy atom. The minimum atomic E-state index is -2.63. The van der Waals surface area contributed by atoms with Gasteiger partial charge in [0.25, 0.3) is 17.7 Å². The number of nitrogens with zero attached hydrogens (tertiary/aromatic N) is 1. The molecule has 0 bridgehead atoms. The molecule has 0 spiro atoms. The summed E-state index contributed by atoms with van der Waals surface area (Å²) < 4.78 is 26.0. The molecule has 7 nitrogen and oxygen atoms in total. The van der Waals surface area contributed by atoms with Crippen LogP contribution >= 0.6 is 11.3 Å². The second kappa shape index (κ2) is 9.11. The zero-order valence-corrected chi connectivity index (χ0v) is 18.5. The molecule has 1 aromatic heterocycles. The van der Waals surface area contributed by atoms with Crippen molar-refractivity contribution in [1.29, 1.82) is 0 Å². The van der Waals surface area contributed by atoms with Crippen LogP contribution in [-0.4, -0.2) is 46.0 Å². The van der Waals surface area contributed by atoms with Gasteiger partial charge in [-0.25, -0.2) is 13.8 Å². The molecule has 0 aliphatic heterocycles. The van der Waals surface area contributed by atoms with Gasteiger partial charge in [-0.2, -0.15) is 0 Å². The van der Waals surface area contributed by atoms with E-state index < -0.39 is 17.9 Å². The number of aryl methyl sites for hydroxylation is 1. The topological polar surface area (TPSA) is 103 Å². The van der Waals surface area contributed by atoms with Crippen molar-refractivity contribution in [3.63, 3.8) is 0 Å². The lowest BCUT2D eigenvalue weighted by Crippen LogP contribution is -2.45. The van der Waals surface area contributed by atoms with Crippen molar-refractivity contribution in [1.82, 2.24) is 10.3 Å². The Hall–Kier alpha value is -2.59.